The first-order chi connectivity index (χ1) is 18.0. The van der Waals surface area contributed by atoms with E-state index in [-0.39, 0.29) is 29.7 Å². The predicted molar refractivity (Wildman–Crippen MR) is 137 cm³/mol. The Bertz CT molecular complexity index is 1250. The summed E-state index contributed by atoms with van der Waals surface area (Å²) in [5.74, 6) is 0.561. The minimum atomic E-state index is -0.880. The zero-order chi connectivity index (χ0) is 25.1. The Morgan fingerprint density at radius 1 is 0.919 bits per heavy atom. The average molecular weight is 500 g/mol. The molecule has 0 aromatic heterocycles. The molecule has 7 nitrogen and oxygen atoms in total. The smallest absolute Gasteiger partial charge is 0.255 e. The highest BCUT2D eigenvalue weighted by molar-refractivity contribution is 6.10. The van der Waals surface area contributed by atoms with Gasteiger partial charge in [-0.25, -0.2) is 0 Å². The normalized spacial score (nSPS) is 33.2. The Morgan fingerprint density at radius 2 is 1.73 bits per heavy atom. The molecule has 1 N–H and O–H groups in total. The summed E-state index contributed by atoms with van der Waals surface area (Å²) in [6, 6.07) is 17.0. The van der Waals surface area contributed by atoms with Crippen LogP contribution in [-0.2, 0) is 16.1 Å². The number of fused-ring (bicyclic) bond motifs is 3. The molecule has 2 saturated carbocycles. The molecule has 2 aromatic carbocycles. The second kappa shape index (κ2) is 8.69. The lowest BCUT2D eigenvalue weighted by Gasteiger charge is -2.53. The van der Waals surface area contributed by atoms with Gasteiger partial charge in [0.05, 0.1) is 0 Å². The Balaban J connectivity index is 1.06. The van der Waals surface area contributed by atoms with Crippen LogP contribution in [0, 0.1) is 5.92 Å². The van der Waals surface area contributed by atoms with E-state index in [1.807, 2.05) is 18.2 Å². The Kier molecular flexibility index (Phi) is 5.39. The summed E-state index contributed by atoms with van der Waals surface area (Å²) in [6.45, 7) is 2.57. The van der Waals surface area contributed by atoms with Crippen molar-refractivity contribution in [1.82, 2.24) is 15.1 Å². The number of hydrogen-bond donors (Lipinski definition) is 1. The van der Waals surface area contributed by atoms with Crippen LogP contribution in [0.15, 0.2) is 48.5 Å². The molecule has 4 heterocycles. The van der Waals surface area contributed by atoms with Gasteiger partial charge in [0.1, 0.15) is 17.4 Å². The highest BCUT2D eigenvalue weighted by atomic mass is 16.5. The maximum Gasteiger partial charge on any atom is 0.255 e. The van der Waals surface area contributed by atoms with Gasteiger partial charge in [-0.15, -0.1) is 0 Å². The number of ether oxygens (including phenoxy) is 1. The van der Waals surface area contributed by atoms with Crippen molar-refractivity contribution < 1.29 is 19.1 Å². The van der Waals surface area contributed by atoms with Crippen LogP contribution in [-0.4, -0.2) is 58.3 Å². The van der Waals surface area contributed by atoms with Crippen molar-refractivity contribution in [3.63, 3.8) is 0 Å². The van der Waals surface area contributed by atoms with Crippen molar-refractivity contribution in [1.29, 1.82) is 0 Å². The quantitative estimate of drug-likeness (QED) is 0.636. The molecule has 2 aromatic rings. The van der Waals surface area contributed by atoms with E-state index < -0.39 is 5.54 Å². The first kappa shape index (κ1) is 23.0. The van der Waals surface area contributed by atoms with E-state index >= 15 is 0 Å². The minimum absolute atomic E-state index is 0.121. The lowest BCUT2D eigenvalue weighted by molar-refractivity contribution is -0.160. The molecule has 3 atom stereocenters. The van der Waals surface area contributed by atoms with E-state index in [2.05, 4.69) is 40.5 Å². The molecule has 2 aliphatic carbocycles. The molecule has 4 aliphatic heterocycles. The van der Waals surface area contributed by atoms with Gasteiger partial charge in [0.15, 0.2) is 0 Å². The molecule has 3 amide bonds. The van der Waals surface area contributed by atoms with Crippen molar-refractivity contribution in [3.8, 4) is 5.75 Å². The summed E-state index contributed by atoms with van der Waals surface area (Å²) in [7, 11) is 0. The molecule has 5 fully saturated rings. The number of carbonyl (C=O) groups is 3. The van der Waals surface area contributed by atoms with Gasteiger partial charge in [-0.05, 0) is 80.3 Å². The zero-order valence-corrected chi connectivity index (χ0v) is 21.0. The van der Waals surface area contributed by atoms with Crippen LogP contribution >= 0.6 is 0 Å². The number of rotatable bonds is 5. The predicted octanol–water partition coefficient (Wildman–Crippen LogP) is 3.63. The van der Waals surface area contributed by atoms with E-state index in [4.69, 9.17) is 4.74 Å². The van der Waals surface area contributed by atoms with Crippen LogP contribution in [0.4, 0.5) is 0 Å². The molecule has 8 rings (SSSR count). The van der Waals surface area contributed by atoms with E-state index in [1.165, 1.54) is 24.8 Å². The second-order valence-corrected chi connectivity index (χ2v) is 11.6. The number of likely N-dealkylation sites (tertiary alicyclic amines) is 1. The molecular weight excluding hydrogens is 466 g/mol. The number of nitrogens with zero attached hydrogens (tertiary/aromatic N) is 2. The molecule has 6 aliphatic rings. The van der Waals surface area contributed by atoms with Crippen LogP contribution < -0.4 is 10.1 Å². The molecular formula is C30H33N3O4. The Labute approximate surface area is 217 Å². The maximum absolute atomic E-state index is 13.2. The number of hydrogen-bond acceptors (Lipinski definition) is 5. The van der Waals surface area contributed by atoms with Crippen molar-refractivity contribution >= 4 is 17.7 Å². The van der Waals surface area contributed by atoms with Gasteiger partial charge in [0.2, 0.25) is 5.91 Å². The topological polar surface area (TPSA) is 79.0 Å². The first-order valence-electron chi connectivity index (χ1n) is 13.8. The summed E-state index contributed by atoms with van der Waals surface area (Å²) >= 11 is 0. The first-order valence-corrected chi connectivity index (χ1v) is 13.8. The molecule has 2 bridgehead atoms. The highest BCUT2D eigenvalue weighted by Gasteiger charge is 2.63. The van der Waals surface area contributed by atoms with Crippen LogP contribution in [0.3, 0.4) is 0 Å². The van der Waals surface area contributed by atoms with Crippen molar-refractivity contribution in [2.24, 2.45) is 5.92 Å². The van der Waals surface area contributed by atoms with Gasteiger partial charge >= 0.3 is 0 Å². The molecule has 0 spiro atoms. The number of imide groups is 1. The van der Waals surface area contributed by atoms with Crippen LogP contribution in [0.2, 0.25) is 0 Å². The summed E-state index contributed by atoms with van der Waals surface area (Å²) < 4.78 is 6.64. The third-order valence-corrected chi connectivity index (χ3v) is 9.51. The van der Waals surface area contributed by atoms with Gasteiger partial charge in [-0.2, -0.15) is 0 Å². The highest BCUT2D eigenvalue weighted by Crippen LogP contribution is 2.49. The van der Waals surface area contributed by atoms with Gasteiger partial charge in [-0.1, -0.05) is 36.8 Å². The van der Waals surface area contributed by atoms with Crippen LogP contribution in [0.1, 0.15) is 72.3 Å². The SMILES string of the molecule is O=C1NC(=O)C2(N3Cc4cc(O[C@H]5CCCC[C@@H]5N5CC[C@H](c6ccccc6)C5)ccc4C3=O)CC1C2. The molecule has 0 unspecified atom stereocenters. The molecule has 37 heavy (non-hydrogen) atoms. The fraction of sp³-hybridized carbons (Fsp3) is 0.500. The molecule has 192 valence electrons. The summed E-state index contributed by atoms with van der Waals surface area (Å²) in [4.78, 5) is 42.1. The van der Waals surface area contributed by atoms with Crippen molar-refractivity contribution in [2.75, 3.05) is 13.1 Å². The summed E-state index contributed by atoms with van der Waals surface area (Å²) in [5.41, 5.74) is 2.09. The Morgan fingerprint density at radius 3 is 2.54 bits per heavy atom. The van der Waals surface area contributed by atoms with Gasteiger partial charge < -0.3 is 9.64 Å². The molecule has 0 radical (unpaired) electrons. The fourth-order valence-corrected chi connectivity index (χ4v) is 7.41. The summed E-state index contributed by atoms with van der Waals surface area (Å²) in [6.07, 6.45) is 6.79. The van der Waals surface area contributed by atoms with Crippen LogP contribution in [0.5, 0.6) is 5.75 Å². The monoisotopic (exact) mass is 499 g/mol. The van der Waals surface area contributed by atoms with E-state index in [9.17, 15) is 14.4 Å². The van der Waals surface area contributed by atoms with E-state index in [0.717, 1.165) is 37.2 Å². The van der Waals surface area contributed by atoms with Crippen molar-refractivity contribution in [2.45, 2.75) is 75.1 Å². The lowest BCUT2D eigenvalue weighted by Crippen LogP contribution is -2.73. The molecule has 3 saturated heterocycles. The van der Waals surface area contributed by atoms with E-state index in [0.29, 0.717) is 36.9 Å². The zero-order valence-electron chi connectivity index (χ0n) is 21.0. The Hall–Kier alpha value is -3.19. The largest absolute Gasteiger partial charge is 0.489 e. The van der Waals surface area contributed by atoms with Gasteiger partial charge in [-0.3, -0.25) is 24.6 Å². The maximum atomic E-state index is 13.2. The number of nitrogens with one attached hydrogen (secondary N) is 1. The number of benzene rings is 2. The summed E-state index contributed by atoms with van der Waals surface area (Å²) in [5, 5.41) is 2.45. The number of carbonyl (C=O) groups excluding carboxylic acids is 3. The van der Waals surface area contributed by atoms with Crippen molar-refractivity contribution in [3.05, 3.63) is 65.2 Å². The minimum Gasteiger partial charge on any atom is -0.489 e. The number of amides is 3. The second-order valence-electron chi connectivity index (χ2n) is 11.6. The third kappa shape index (κ3) is 3.69. The fourth-order valence-electron chi connectivity index (χ4n) is 7.41. The standard InChI is InChI=1S/C30H33N3O4/c34-27-22-15-30(16-22,29(36)31-27)33-18-21-14-23(10-11-24(21)28(33)35)37-26-9-5-4-8-25(26)32-13-12-20(17-32)19-6-2-1-3-7-19/h1-3,6-7,10-11,14,20,22,25-26H,4-5,8-9,12-13,15-18H2,(H,31,34,36)/t20-,22?,25-,26-,30?/m0/s1. The van der Waals surface area contributed by atoms with Gasteiger partial charge in [0, 0.05) is 30.6 Å². The van der Waals surface area contributed by atoms with Crippen LogP contribution in [0.25, 0.3) is 0 Å². The van der Waals surface area contributed by atoms with Gasteiger partial charge in [0.25, 0.3) is 11.8 Å². The van der Waals surface area contributed by atoms with E-state index in [1.54, 1.807) is 4.90 Å². The molecule has 7 heteroatoms. The average Bonchev–Trinajstić information content (AvgIpc) is 3.50. The lowest BCUT2D eigenvalue weighted by atomic mass is 9.63. The number of piperidine rings is 2. The third-order valence-electron chi connectivity index (χ3n) is 9.51.